The van der Waals surface area contributed by atoms with Gasteiger partial charge in [-0.25, -0.2) is 9.98 Å². The van der Waals surface area contributed by atoms with Crippen LogP contribution in [-0.2, 0) is 0 Å². The molecule has 1 aliphatic heterocycles. The van der Waals surface area contributed by atoms with Crippen molar-refractivity contribution in [1.82, 2.24) is 4.98 Å². The van der Waals surface area contributed by atoms with Crippen molar-refractivity contribution >= 4 is 45.7 Å². The molecule has 1 aromatic carbocycles. The van der Waals surface area contributed by atoms with Crippen LogP contribution in [0, 0.1) is 0 Å². The maximum absolute atomic E-state index is 5.83. The molecule has 0 saturated heterocycles. The second kappa shape index (κ2) is 5.55. The molecule has 0 saturated carbocycles. The van der Waals surface area contributed by atoms with E-state index in [1.807, 2.05) is 12.1 Å². The van der Waals surface area contributed by atoms with Crippen LogP contribution in [-0.4, -0.2) is 17.2 Å². The molecule has 22 heavy (non-hydrogen) atoms. The molecule has 0 bridgehead atoms. The van der Waals surface area contributed by atoms with Gasteiger partial charge in [0.2, 0.25) is 0 Å². The molecular weight excluding hydrogens is 314 g/mol. The number of benzene rings is 1. The van der Waals surface area contributed by atoms with E-state index < -0.39 is 0 Å². The number of hydrogen-bond donors (Lipinski definition) is 0. The summed E-state index contributed by atoms with van der Waals surface area (Å²) in [7, 11) is 0. The topological polar surface area (TPSA) is 28.5 Å². The fraction of sp³-hybridized carbons (Fsp3) is 0.0588. The number of rotatable bonds is 2. The molecule has 5 heteroatoms. The molecule has 0 amide bonds. The number of thiophene rings is 1. The molecular formula is C17H12ClN3S. The molecule has 0 N–H and O–H groups in total. The number of hydrogen-bond acceptors (Lipinski definition) is 4. The highest BCUT2D eigenvalue weighted by Gasteiger charge is 2.25. The first-order valence-corrected chi connectivity index (χ1v) is 8.21. The molecule has 1 aliphatic rings. The Kier molecular flexibility index (Phi) is 3.41. The summed E-state index contributed by atoms with van der Waals surface area (Å²) in [6, 6.07) is 14.1. The highest BCUT2D eigenvalue weighted by molar-refractivity contribution is 7.08. The van der Waals surface area contributed by atoms with Gasteiger partial charge in [-0.15, -0.1) is 0 Å². The highest BCUT2D eigenvalue weighted by atomic mass is 35.5. The lowest BCUT2D eigenvalue weighted by atomic mass is 10.1. The minimum absolute atomic E-state index is 0.482. The molecule has 0 spiro atoms. The second-order valence-electron chi connectivity index (χ2n) is 4.98. The van der Waals surface area contributed by atoms with Gasteiger partial charge in [0.25, 0.3) is 0 Å². The minimum Gasteiger partial charge on any atom is -0.334 e. The molecule has 0 radical (unpaired) electrons. The van der Waals surface area contributed by atoms with Gasteiger partial charge in [0.05, 0.1) is 35.5 Å². The first-order valence-electron chi connectivity index (χ1n) is 6.89. The molecule has 3 heterocycles. The predicted octanol–water partition coefficient (Wildman–Crippen LogP) is 5.07. The maximum Gasteiger partial charge on any atom is 0.129 e. The highest BCUT2D eigenvalue weighted by Crippen LogP contribution is 2.36. The summed E-state index contributed by atoms with van der Waals surface area (Å²) >= 11 is 7.54. The van der Waals surface area contributed by atoms with Crippen LogP contribution in [0.25, 0.3) is 0 Å². The number of aliphatic imine (C=N–C) groups is 1. The third-order valence-corrected chi connectivity index (χ3v) is 4.50. The van der Waals surface area contributed by atoms with Crippen molar-refractivity contribution < 1.29 is 0 Å². The largest absolute Gasteiger partial charge is 0.334 e. The van der Waals surface area contributed by atoms with E-state index in [0.29, 0.717) is 5.15 Å². The van der Waals surface area contributed by atoms with Crippen molar-refractivity contribution in [3.05, 3.63) is 70.1 Å². The van der Waals surface area contributed by atoms with Gasteiger partial charge in [0, 0.05) is 10.9 Å². The quantitative estimate of drug-likeness (QED) is 0.615. The van der Waals surface area contributed by atoms with Crippen LogP contribution in [0.15, 0.2) is 64.4 Å². The lowest BCUT2D eigenvalue weighted by molar-refractivity contribution is 1.18. The summed E-state index contributed by atoms with van der Waals surface area (Å²) in [5.41, 5.74) is 5.44. The van der Waals surface area contributed by atoms with E-state index in [1.165, 1.54) is 16.9 Å². The molecule has 0 aliphatic carbocycles. The Hall–Kier alpha value is -2.17. The Balaban J connectivity index is 1.77. The van der Waals surface area contributed by atoms with Gasteiger partial charge in [-0.1, -0.05) is 29.8 Å². The average molecular weight is 326 g/mol. The standard InChI is InChI=1S/C17H12ClN3S/c18-17-6-5-12(9-19-17)20-15-10-21(13-7-8-22-11-13)16-4-2-1-3-14(15)16/h1-9,11H,10H2. The van der Waals surface area contributed by atoms with Gasteiger partial charge in [-0.3, -0.25) is 0 Å². The van der Waals surface area contributed by atoms with Crippen molar-refractivity contribution in [1.29, 1.82) is 0 Å². The van der Waals surface area contributed by atoms with Crippen LogP contribution in [0.5, 0.6) is 0 Å². The Morgan fingerprint density at radius 2 is 2.05 bits per heavy atom. The number of para-hydroxylation sites is 1. The smallest absolute Gasteiger partial charge is 0.129 e. The summed E-state index contributed by atoms with van der Waals surface area (Å²) in [5, 5.41) is 4.73. The van der Waals surface area contributed by atoms with Crippen LogP contribution >= 0.6 is 22.9 Å². The zero-order chi connectivity index (χ0) is 14.9. The van der Waals surface area contributed by atoms with E-state index in [2.05, 4.69) is 44.9 Å². The number of aromatic nitrogens is 1. The van der Waals surface area contributed by atoms with Crippen LogP contribution < -0.4 is 4.90 Å². The van der Waals surface area contributed by atoms with E-state index >= 15 is 0 Å². The number of fused-ring (bicyclic) bond motifs is 1. The van der Waals surface area contributed by atoms with Gasteiger partial charge < -0.3 is 4.90 Å². The first-order chi connectivity index (χ1) is 10.8. The zero-order valence-corrected chi connectivity index (χ0v) is 13.2. The SMILES string of the molecule is Clc1ccc(N=C2CN(c3ccsc3)c3ccccc32)cn1. The molecule has 0 unspecified atom stereocenters. The molecule has 0 fully saturated rings. The molecule has 4 rings (SSSR count). The van der Waals surface area contributed by atoms with Gasteiger partial charge in [-0.2, -0.15) is 11.3 Å². The summed E-state index contributed by atoms with van der Waals surface area (Å²) < 4.78 is 0. The number of nitrogens with zero attached hydrogens (tertiary/aromatic N) is 3. The Morgan fingerprint density at radius 3 is 2.82 bits per heavy atom. The fourth-order valence-electron chi connectivity index (χ4n) is 2.60. The van der Waals surface area contributed by atoms with Crippen LogP contribution in [0.3, 0.4) is 0 Å². The zero-order valence-electron chi connectivity index (χ0n) is 11.6. The average Bonchev–Trinajstić information content (AvgIpc) is 3.18. The van der Waals surface area contributed by atoms with Crippen molar-refractivity contribution in [3.63, 3.8) is 0 Å². The summed E-state index contributed by atoms with van der Waals surface area (Å²) in [6.45, 7) is 0.763. The minimum atomic E-state index is 0.482. The van der Waals surface area contributed by atoms with E-state index in [9.17, 15) is 0 Å². The van der Waals surface area contributed by atoms with E-state index in [-0.39, 0.29) is 0 Å². The molecule has 2 aromatic heterocycles. The number of halogens is 1. The molecule has 0 atom stereocenters. The molecule has 3 aromatic rings. The summed E-state index contributed by atoms with van der Waals surface area (Å²) in [6.07, 6.45) is 1.70. The van der Waals surface area contributed by atoms with Crippen molar-refractivity contribution in [2.75, 3.05) is 11.4 Å². The van der Waals surface area contributed by atoms with E-state index in [0.717, 1.165) is 17.9 Å². The van der Waals surface area contributed by atoms with Crippen molar-refractivity contribution in [2.45, 2.75) is 0 Å². The predicted molar refractivity (Wildman–Crippen MR) is 93.2 cm³/mol. The van der Waals surface area contributed by atoms with Gasteiger partial charge in [0.15, 0.2) is 0 Å². The summed E-state index contributed by atoms with van der Waals surface area (Å²) in [5.74, 6) is 0. The van der Waals surface area contributed by atoms with Crippen molar-refractivity contribution in [3.8, 4) is 0 Å². The third-order valence-electron chi connectivity index (χ3n) is 3.61. The monoisotopic (exact) mass is 325 g/mol. The van der Waals surface area contributed by atoms with Crippen LogP contribution in [0.1, 0.15) is 5.56 Å². The Morgan fingerprint density at radius 1 is 1.14 bits per heavy atom. The molecule has 3 nitrogen and oxygen atoms in total. The third kappa shape index (κ3) is 2.40. The van der Waals surface area contributed by atoms with Gasteiger partial charge >= 0.3 is 0 Å². The maximum atomic E-state index is 5.83. The number of anilines is 2. The summed E-state index contributed by atoms with van der Waals surface area (Å²) in [4.78, 5) is 11.1. The Bertz CT molecular complexity index is 825. The van der Waals surface area contributed by atoms with E-state index in [4.69, 9.17) is 16.6 Å². The second-order valence-corrected chi connectivity index (χ2v) is 6.15. The normalized spacial score (nSPS) is 15.3. The van der Waals surface area contributed by atoms with Crippen LogP contribution in [0.2, 0.25) is 5.15 Å². The Labute approximate surface area is 137 Å². The van der Waals surface area contributed by atoms with E-state index in [1.54, 1.807) is 23.6 Å². The lowest BCUT2D eigenvalue weighted by Crippen LogP contribution is -2.15. The molecule has 108 valence electrons. The first kappa shape index (κ1) is 13.5. The lowest BCUT2D eigenvalue weighted by Gasteiger charge is -2.16. The van der Waals surface area contributed by atoms with Crippen molar-refractivity contribution in [2.24, 2.45) is 4.99 Å². The van der Waals surface area contributed by atoms with Crippen LogP contribution in [0.4, 0.5) is 17.1 Å². The number of pyridine rings is 1. The van der Waals surface area contributed by atoms with Gasteiger partial charge in [0.1, 0.15) is 5.15 Å². The fourth-order valence-corrected chi connectivity index (χ4v) is 3.35. The van der Waals surface area contributed by atoms with Gasteiger partial charge in [-0.05, 0) is 29.6 Å².